The van der Waals surface area contributed by atoms with Crippen LogP contribution < -0.4 is 20.4 Å². The zero-order valence-electron chi connectivity index (χ0n) is 17.1. The molecule has 2 aromatic rings. The molecule has 2 saturated heterocycles. The topological polar surface area (TPSA) is 81.8 Å². The predicted octanol–water partition coefficient (Wildman–Crippen LogP) is 3.24. The van der Waals surface area contributed by atoms with Gasteiger partial charge in [-0.3, -0.25) is 14.4 Å². The summed E-state index contributed by atoms with van der Waals surface area (Å²) in [6, 6.07) is 15.0. The number of hydrogen-bond acceptors (Lipinski definition) is 4. The minimum absolute atomic E-state index is 0.0453. The second-order valence-electron chi connectivity index (χ2n) is 7.87. The number of hydrogen-bond donors (Lipinski definition) is 2. The van der Waals surface area contributed by atoms with Crippen LogP contribution >= 0.6 is 0 Å². The Morgan fingerprint density at radius 1 is 0.933 bits per heavy atom. The maximum atomic E-state index is 12.7. The SMILES string of the molecule is CC(=O)Nc1cccc(NC(=O)C2CC(=O)N(c3ccc(N4CCCC4)cc3)C2)c1. The number of carbonyl (C=O) groups is 3. The molecule has 2 aromatic carbocycles. The lowest BCUT2D eigenvalue weighted by atomic mass is 10.1. The first-order chi connectivity index (χ1) is 14.5. The van der Waals surface area contributed by atoms with E-state index in [9.17, 15) is 14.4 Å². The van der Waals surface area contributed by atoms with Gasteiger partial charge >= 0.3 is 0 Å². The highest BCUT2D eigenvalue weighted by molar-refractivity contribution is 6.03. The van der Waals surface area contributed by atoms with Gasteiger partial charge in [0.1, 0.15) is 0 Å². The minimum Gasteiger partial charge on any atom is -0.372 e. The van der Waals surface area contributed by atoms with Crippen LogP contribution in [-0.4, -0.2) is 37.4 Å². The van der Waals surface area contributed by atoms with E-state index in [1.165, 1.54) is 25.5 Å². The van der Waals surface area contributed by atoms with E-state index in [0.717, 1.165) is 18.8 Å². The second-order valence-corrected chi connectivity index (χ2v) is 7.87. The van der Waals surface area contributed by atoms with Gasteiger partial charge in [-0.15, -0.1) is 0 Å². The molecule has 2 N–H and O–H groups in total. The summed E-state index contributed by atoms with van der Waals surface area (Å²) in [7, 11) is 0. The van der Waals surface area contributed by atoms with E-state index in [0.29, 0.717) is 17.9 Å². The average Bonchev–Trinajstić information content (AvgIpc) is 3.38. The number of rotatable bonds is 5. The molecule has 1 unspecified atom stereocenters. The highest BCUT2D eigenvalue weighted by Gasteiger charge is 2.35. The van der Waals surface area contributed by atoms with Crippen LogP contribution in [0, 0.1) is 5.92 Å². The quantitative estimate of drug-likeness (QED) is 0.799. The highest BCUT2D eigenvalue weighted by Crippen LogP contribution is 2.29. The molecule has 7 heteroatoms. The molecule has 7 nitrogen and oxygen atoms in total. The van der Waals surface area contributed by atoms with Crippen molar-refractivity contribution >= 4 is 40.5 Å². The molecule has 2 fully saturated rings. The van der Waals surface area contributed by atoms with Crippen molar-refractivity contribution in [2.75, 3.05) is 40.1 Å². The molecule has 0 radical (unpaired) electrons. The molecule has 156 valence electrons. The van der Waals surface area contributed by atoms with Gasteiger partial charge in [0, 0.05) is 55.7 Å². The van der Waals surface area contributed by atoms with Gasteiger partial charge < -0.3 is 20.4 Å². The van der Waals surface area contributed by atoms with E-state index in [4.69, 9.17) is 0 Å². The fourth-order valence-corrected chi connectivity index (χ4v) is 4.07. The van der Waals surface area contributed by atoms with Crippen LogP contribution in [-0.2, 0) is 14.4 Å². The molecule has 1 atom stereocenters. The van der Waals surface area contributed by atoms with Gasteiger partial charge in [-0.1, -0.05) is 6.07 Å². The van der Waals surface area contributed by atoms with E-state index in [1.807, 2.05) is 12.1 Å². The molecule has 0 aromatic heterocycles. The molecular weight excluding hydrogens is 380 g/mol. The van der Waals surface area contributed by atoms with Crippen LogP contribution in [0.25, 0.3) is 0 Å². The number of nitrogens with zero attached hydrogens (tertiary/aromatic N) is 2. The first-order valence-corrected chi connectivity index (χ1v) is 10.3. The smallest absolute Gasteiger partial charge is 0.229 e. The van der Waals surface area contributed by atoms with E-state index in [-0.39, 0.29) is 24.1 Å². The Balaban J connectivity index is 1.39. The molecule has 30 heavy (non-hydrogen) atoms. The third-order valence-electron chi connectivity index (χ3n) is 5.58. The van der Waals surface area contributed by atoms with E-state index >= 15 is 0 Å². The minimum atomic E-state index is -0.416. The first-order valence-electron chi connectivity index (χ1n) is 10.3. The molecule has 2 aliphatic rings. The Morgan fingerprint density at radius 3 is 2.23 bits per heavy atom. The number of amides is 3. The lowest BCUT2D eigenvalue weighted by molar-refractivity contribution is -0.122. The van der Waals surface area contributed by atoms with Crippen LogP contribution in [0.5, 0.6) is 0 Å². The monoisotopic (exact) mass is 406 g/mol. The predicted molar refractivity (Wildman–Crippen MR) is 118 cm³/mol. The van der Waals surface area contributed by atoms with Gasteiger partial charge in [0.25, 0.3) is 0 Å². The molecule has 0 spiro atoms. The standard InChI is InChI=1S/C23H26N4O3/c1-16(28)24-18-5-4-6-19(14-18)25-23(30)17-13-22(29)27(15-17)21-9-7-20(8-10-21)26-11-2-3-12-26/h4-10,14,17H,2-3,11-13,15H2,1H3,(H,24,28)(H,25,30). The summed E-state index contributed by atoms with van der Waals surface area (Å²) in [5.74, 6) is -0.831. The summed E-state index contributed by atoms with van der Waals surface area (Å²) < 4.78 is 0. The lowest BCUT2D eigenvalue weighted by Gasteiger charge is -2.20. The number of carbonyl (C=O) groups excluding carboxylic acids is 3. The third kappa shape index (κ3) is 4.45. The van der Waals surface area contributed by atoms with Gasteiger partial charge in [0.05, 0.1) is 5.92 Å². The highest BCUT2D eigenvalue weighted by atomic mass is 16.2. The largest absolute Gasteiger partial charge is 0.372 e. The number of nitrogens with one attached hydrogen (secondary N) is 2. The Morgan fingerprint density at radius 2 is 1.57 bits per heavy atom. The van der Waals surface area contributed by atoms with Crippen LogP contribution in [0.3, 0.4) is 0 Å². The Labute approximate surface area is 176 Å². The summed E-state index contributed by atoms with van der Waals surface area (Å²) in [6.07, 6.45) is 2.62. The number of anilines is 4. The van der Waals surface area contributed by atoms with E-state index in [2.05, 4.69) is 27.7 Å². The van der Waals surface area contributed by atoms with Crippen molar-refractivity contribution < 1.29 is 14.4 Å². The van der Waals surface area contributed by atoms with Crippen molar-refractivity contribution in [2.45, 2.75) is 26.2 Å². The van der Waals surface area contributed by atoms with Crippen LogP contribution in [0.15, 0.2) is 48.5 Å². The fraction of sp³-hybridized carbons (Fsp3) is 0.348. The average molecular weight is 406 g/mol. The second kappa shape index (κ2) is 8.57. The summed E-state index contributed by atoms with van der Waals surface area (Å²) in [4.78, 5) is 40.5. The molecular formula is C23H26N4O3. The van der Waals surface area contributed by atoms with Crippen molar-refractivity contribution in [1.82, 2.24) is 0 Å². The summed E-state index contributed by atoms with van der Waals surface area (Å²) in [6.45, 7) is 3.95. The Bertz CT molecular complexity index is 951. The van der Waals surface area contributed by atoms with Gasteiger partial charge in [-0.2, -0.15) is 0 Å². The van der Waals surface area contributed by atoms with Crippen molar-refractivity contribution in [2.24, 2.45) is 5.92 Å². The van der Waals surface area contributed by atoms with Gasteiger partial charge in [-0.25, -0.2) is 0 Å². The normalized spacial score (nSPS) is 18.6. The summed E-state index contributed by atoms with van der Waals surface area (Å²) in [5, 5.41) is 5.55. The Kier molecular flexibility index (Phi) is 5.70. The molecule has 0 bridgehead atoms. The van der Waals surface area contributed by atoms with E-state index in [1.54, 1.807) is 29.2 Å². The molecule has 0 aliphatic carbocycles. The molecule has 3 amide bonds. The van der Waals surface area contributed by atoms with Crippen molar-refractivity contribution in [3.8, 4) is 0 Å². The van der Waals surface area contributed by atoms with Crippen molar-refractivity contribution in [3.05, 3.63) is 48.5 Å². The van der Waals surface area contributed by atoms with Crippen molar-refractivity contribution in [3.63, 3.8) is 0 Å². The first kappa shape index (κ1) is 19.9. The third-order valence-corrected chi connectivity index (χ3v) is 5.58. The van der Waals surface area contributed by atoms with Crippen LogP contribution in [0.4, 0.5) is 22.7 Å². The Hall–Kier alpha value is -3.35. The van der Waals surface area contributed by atoms with E-state index < -0.39 is 5.92 Å². The molecule has 4 rings (SSSR count). The van der Waals surface area contributed by atoms with Gasteiger partial charge in [0.15, 0.2) is 0 Å². The zero-order chi connectivity index (χ0) is 21.1. The van der Waals surface area contributed by atoms with Gasteiger partial charge in [0.2, 0.25) is 17.7 Å². The molecule has 0 saturated carbocycles. The summed E-state index contributed by atoms with van der Waals surface area (Å²) >= 11 is 0. The van der Waals surface area contributed by atoms with Crippen LogP contribution in [0.1, 0.15) is 26.2 Å². The maximum absolute atomic E-state index is 12.7. The maximum Gasteiger partial charge on any atom is 0.229 e. The fourth-order valence-electron chi connectivity index (χ4n) is 4.07. The van der Waals surface area contributed by atoms with Crippen molar-refractivity contribution in [1.29, 1.82) is 0 Å². The summed E-state index contributed by atoms with van der Waals surface area (Å²) in [5.41, 5.74) is 3.21. The number of benzene rings is 2. The zero-order valence-corrected chi connectivity index (χ0v) is 17.1. The van der Waals surface area contributed by atoms with Gasteiger partial charge in [-0.05, 0) is 55.3 Å². The molecule has 2 aliphatic heterocycles. The molecule has 2 heterocycles. The lowest BCUT2D eigenvalue weighted by Crippen LogP contribution is -2.28. The van der Waals surface area contributed by atoms with Crippen LogP contribution in [0.2, 0.25) is 0 Å².